The molecule has 0 heterocycles. The molecule has 2 aromatic carbocycles. The Bertz CT molecular complexity index is 826. The summed E-state index contributed by atoms with van der Waals surface area (Å²) in [6, 6.07) is 9.22. The van der Waals surface area contributed by atoms with E-state index in [0.29, 0.717) is 5.39 Å². The van der Waals surface area contributed by atoms with Gasteiger partial charge in [0.2, 0.25) is 0 Å². The summed E-state index contributed by atoms with van der Waals surface area (Å²) in [4.78, 5) is -0.124. The molecule has 0 saturated carbocycles. The van der Waals surface area contributed by atoms with E-state index < -0.39 is 10.1 Å². The van der Waals surface area contributed by atoms with Crippen LogP contribution in [-0.2, 0) is 20.9 Å². The average Bonchev–Trinajstić information content (AvgIpc) is 2.33. The van der Waals surface area contributed by atoms with Crippen molar-refractivity contribution in [3.8, 4) is 0 Å². The Hall–Kier alpha value is -0.390. The first-order chi connectivity index (χ1) is 9.80. The number of benzene rings is 2. The van der Waals surface area contributed by atoms with Crippen LogP contribution in [0.3, 0.4) is 0 Å². The van der Waals surface area contributed by atoms with Crippen molar-refractivity contribution >= 4 is 20.9 Å². The summed E-state index contributed by atoms with van der Waals surface area (Å²) < 4.78 is 35.2. The summed E-state index contributed by atoms with van der Waals surface area (Å²) >= 11 is 0. The molecule has 0 aliphatic heterocycles. The van der Waals surface area contributed by atoms with Crippen LogP contribution >= 0.6 is 0 Å². The molecule has 0 atom stereocenters. The van der Waals surface area contributed by atoms with E-state index in [9.17, 15) is 13.0 Å². The Morgan fingerprint density at radius 2 is 1.35 bits per heavy atom. The summed E-state index contributed by atoms with van der Waals surface area (Å²) in [5, 5.41) is 1.30. The fourth-order valence-electron chi connectivity index (χ4n) is 2.43. The molecule has 2 aromatic rings. The summed E-state index contributed by atoms with van der Waals surface area (Å²) in [5.74, 6) is 0. The third-order valence-corrected chi connectivity index (χ3v) is 4.79. The van der Waals surface area contributed by atoms with Gasteiger partial charge in [-0.3, -0.25) is 0 Å². The van der Waals surface area contributed by atoms with Crippen molar-refractivity contribution in [3.63, 3.8) is 0 Å². The second-order valence-electron chi connectivity index (χ2n) is 7.86. The number of rotatable bonds is 1. The van der Waals surface area contributed by atoms with Gasteiger partial charge in [0, 0.05) is 0 Å². The number of hydrogen-bond acceptors (Lipinski definition) is 3. The molecule has 0 unspecified atom stereocenters. The van der Waals surface area contributed by atoms with Crippen LogP contribution in [0.15, 0.2) is 35.2 Å². The second kappa shape index (κ2) is 6.49. The van der Waals surface area contributed by atoms with Gasteiger partial charge in [0.15, 0.2) is 0 Å². The molecule has 23 heavy (non-hydrogen) atoms. The van der Waals surface area contributed by atoms with E-state index >= 15 is 0 Å². The first-order valence-corrected chi connectivity index (χ1v) is 8.76. The first kappa shape index (κ1) is 20.7. The fourth-order valence-corrected chi connectivity index (χ4v) is 3.15. The molecule has 0 spiro atoms. The molecule has 0 aliphatic rings. The van der Waals surface area contributed by atoms with E-state index in [2.05, 4.69) is 20.8 Å². The Morgan fingerprint density at radius 3 is 1.78 bits per heavy atom. The van der Waals surface area contributed by atoms with Gasteiger partial charge in [-0.1, -0.05) is 59.7 Å². The molecule has 0 aromatic heterocycles. The Labute approximate surface area is 161 Å². The molecular weight excluding hydrogens is 319 g/mol. The van der Waals surface area contributed by atoms with Gasteiger partial charge in [-0.25, -0.2) is 8.42 Å². The van der Waals surface area contributed by atoms with Crippen LogP contribution in [0.5, 0.6) is 0 Å². The van der Waals surface area contributed by atoms with Crippen LogP contribution in [0.25, 0.3) is 10.8 Å². The topological polar surface area (TPSA) is 57.2 Å². The Balaban J connectivity index is 0.00000264. The molecule has 120 valence electrons. The van der Waals surface area contributed by atoms with E-state index in [4.69, 9.17) is 0 Å². The molecule has 0 amide bonds. The van der Waals surface area contributed by atoms with Crippen molar-refractivity contribution < 1.29 is 42.5 Å². The van der Waals surface area contributed by atoms with Gasteiger partial charge in [-0.05, 0) is 44.9 Å². The van der Waals surface area contributed by atoms with Crippen LogP contribution in [0.4, 0.5) is 0 Å². The zero-order valence-corrected chi connectivity index (χ0v) is 17.8. The first-order valence-electron chi connectivity index (χ1n) is 7.35. The van der Waals surface area contributed by atoms with Crippen LogP contribution in [0, 0.1) is 0 Å². The maximum atomic E-state index is 11.7. The average molecular weight is 342 g/mol. The minimum absolute atomic E-state index is 0. The zero-order chi connectivity index (χ0) is 16.9. The maximum absolute atomic E-state index is 11.7. The van der Waals surface area contributed by atoms with Gasteiger partial charge in [-0.15, -0.1) is 0 Å². The largest absolute Gasteiger partial charge is 1.00 e. The smallest absolute Gasteiger partial charge is 0.744 e. The molecule has 0 bridgehead atoms. The van der Waals surface area contributed by atoms with Gasteiger partial charge in [0.05, 0.1) is 4.90 Å². The molecule has 0 saturated heterocycles. The molecule has 5 heteroatoms. The maximum Gasteiger partial charge on any atom is 1.00 e. The van der Waals surface area contributed by atoms with Crippen molar-refractivity contribution in [1.82, 2.24) is 0 Å². The molecule has 0 aliphatic carbocycles. The van der Waals surface area contributed by atoms with E-state index in [1.807, 2.05) is 45.0 Å². The molecular formula is C18H23NaO3S. The number of fused-ring (bicyclic) bond motifs is 1. The Kier molecular flexibility index (Phi) is 5.83. The fraction of sp³-hybridized carbons (Fsp3) is 0.444. The van der Waals surface area contributed by atoms with Gasteiger partial charge in [-0.2, -0.15) is 0 Å². The van der Waals surface area contributed by atoms with Crippen LogP contribution in [0.1, 0.15) is 52.7 Å². The predicted molar refractivity (Wildman–Crippen MR) is 89.3 cm³/mol. The van der Waals surface area contributed by atoms with E-state index in [0.717, 1.165) is 16.5 Å². The van der Waals surface area contributed by atoms with Crippen molar-refractivity contribution in [1.29, 1.82) is 0 Å². The third kappa shape index (κ3) is 4.58. The van der Waals surface area contributed by atoms with E-state index in [1.54, 1.807) is 0 Å². The molecule has 0 radical (unpaired) electrons. The third-order valence-electron chi connectivity index (χ3n) is 3.92. The predicted octanol–water partition coefficient (Wildman–Crippen LogP) is 1.34. The van der Waals surface area contributed by atoms with Gasteiger partial charge < -0.3 is 4.55 Å². The zero-order valence-electron chi connectivity index (χ0n) is 15.0. The van der Waals surface area contributed by atoms with Crippen LogP contribution in [-0.4, -0.2) is 13.0 Å². The second-order valence-corrected chi connectivity index (χ2v) is 9.21. The van der Waals surface area contributed by atoms with Crippen molar-refractivity contribution in [2.24, 2.45) is 0 Å². The monoisotopic (exact) mass is 342 g/mol. The molecule has 0 N–H and O–H groups in total. The van der Waals surface area contributed by atoms with Gasteiger partial charge >= 0.3 is 29.6 Å². The van der Waals surface area contributed by atoms with Gasteiger partial charge in [0.1, 0.15) is 10.1 Å². The summed E-state index contributed by atoms with van der Waals surface area (Å²) in [5.41, 5.74) is 1.52. The standard InChI is InChI=1S/C18H24O3S.Na/c1-17(2,3)13-8-7-12-9-14(18(4,5)6)11-16(15(12)10-13)22(19,20)21;/h7-11H,1-6H3,(H,19,20,21);/q;+1/p-1. The Morgan fingerprint density at radius 1 is 0.826 bits per heavy atom. The normalized spacial score (nSPS) is 13.0. The van der Waals surface area contributed by atoms with Crippen molar-refractivity contribution in [3.05, 3.63) is 41.5 Å². The minimum atomic E-state index is -4.52. The van der Waals surface area contributed by atoms with Gasteiger partial charge in [0.25, 0.3) is 0 Å². The molecule has 3 nitrogen and oxygen atoms in total. The van der Waals surface area contributed by atoms with Crippen LogP contribution < -0.4 is 29.6 Å². The SMILES string of the molecule is CC(C)(C)c1cc(S(=O)(=O)[O-])c2cc(C(C)(C)C)ccc2c1.[Na+]. The quantitative estimate of drug-likeness (QED) is 0.580. The molecule has 2 rings (SSSR count). The summed E-state index contributed by atoms with van der Waals surface area (Å²) in [6.45, 7) is 12.2. The summed E-state index contributed by atoms with van der Waals surface area (Å²) in [6.07, 6.45) is 0. The molecule has 0 fully saturated rings. The van der Waals surface area contributed by atoms with E-state index in [-0.39, 0.29) is 45.3 Å². The van der Waals surface area contributed by atoms with Crippen LogP contribution in [0.2, 0.25) is 0 Å². The van der Waals surface area contributed by atoms with Crippen molar-refractivity contribution in [2.75, 3.05) is 0 Å². The minimum Gasteiger partial charge on any atom is -0.744 e. The van der Waals surface area contributed by atoms with Crippen molar-refractivity contribution in [2.45, 2.75) is 57.3 Å². The van der Waals surface area contributed by atoms with E-state index in [1.165, 1.54) is 6.07 Å². The number of hydrogen-bond donors (Lipinski definition) is 0. The summed E-state index contributed by atoms with van der Waals surface area (Å²) in [7, 11) is -4.52.